The largest absolute Gasteiger partial charge is 0.507 e. The van der Waals surface area contributed by atoms with Crippen molar-refractivity contribution in [2.45, 2.75) is 229 Å². The van der Waals surface area contributed by atoms with Gasteiger partial charge in [0.15, 0.2) is 0 Å². The molecule has 368 valence electrons. The van der Waals surface area contributed by atoms with Gasteiger partial charge in [-0.1, -0.05) is 209 Å². The molecular weight excluding hydrogens is 817 g/mol. The molecule has 0 aliphatic rings. The van der Waals surface area contributed by atoms with Gasteiger partial charge >= 0.3 is 5.97 Å². The predicted molar refractivity (Wildman–Crippen MR) is 280 cm³/mol. The second-order valence-electron chi connectivity index (χ2n) is 26.8. The molecule has 4 aromatic carbocycles. The highest BCUT2D eigenvalue weighted by atomic mass is 16.5. The van der Waals surface area contributed by atoms with Gasteiger partial charge in [0, 0.05) is 6.92 Å². The molecule has 0 spiro atoms. The van der Waals surface area contributed by atoms with E-state index in [1.54, 1.807) is 0 Å². The standard InChI is InChI=1S/C29H44O2.C17H26O3.C14H22O/c1-26(2,3)20-14-18(15-21(24(20)30)27(4,5)6)13-19-16-22(28(7,8)9)25(31)23(17-19)29(10,11)12;1-11(18)20-10-12-8-13(16(2,3)4)15(19)14(9-12)17(5,6)7;1-13(2,3)10-8-7-9-11(12(10)15)14(4,5)6/h14-17,30-31H,13H2,1-12H3;8-9,19H,10H2,1-7H3;7-9,15H,1-6H3. The van der Waals surface area contributed by atoms with Crippen LogP contribution in [0.2, 0.25) is 0 Å². The number of phenolic OH excluding ortho intramolecular Hbond substituents is 4. The normalized spacial score (nSPS) is 13.0. The van der Waals surface area contributed by atoms with Gasteiger partial charge in [-0.25, -0.2) is 0 Å². The van der Waals surface area contributed by atoms with Gasteiger partial charge in [-0.2, -0.15) is 0 Å². The average Bonchev–Trinajstić information content (AvgIpc) is 3.09. The molecule has 0 aliphatic heterocycles. The van der Waals surface area contributed by atoms with E-state index in [0.717, 1.165) is 56.5 Å². The van der Waals surface area contributed by atoms with E-state index in [4.69, 9.17) is 4.74 Å². The molecule has 0 aliphatic carbocycles. The summed E-state index contributed by atoms with van der Waals surface area (Å²) in [7, 11) is 0. The van der Waals surface area contributed by atoms with E-state index in [1.165, 1.54) is 18.1 Å². The molecule has 0 saturated carbocycles. The Hall–Kier alpha value is -4.45. The first-order valence-corrected chi connectivity index (χ1v) is 23.9. The first-order valence-electron chi connectivity index (χ1n) is 23.9. The Kier molecular flexibility index (Phi) is 17.5. The maximum absolute atomic E-state index is 11.1. The van der Waals surface area contributed by atoms with Crippen molar-refractivity contribution in [1.29, 1.82) is 0 Å². The van der Waals surface area contributed by atoms with Crippen LogP contribution in [0.5, 0.6) is 23.0 Å². The fraction of sp³-hybridized carbons (Fsp3) is 0.583. The van der Waals surface area contributed by atoms with E-state index >= 15 is 0 Å². The molecule has 0 saturated heterocycles. The summed E-state index contributed by atoms with van der Waals surface area (Å²) >= 11 is 0. The maximum atomic E-state index is 11.1. The van der Waals surface area contributed by atoms with Gasteiger partial charge in [-0.05, 0) is 123 Å². The second kappa shape index (κ2) is 20.0. The van der Waals surface area contributed by atoms with Crippen molar-refractivity contribution in [2.75, 3.05) is 0 Å². The lowest BCUT2D eigenvalue weighted by Gasteiger charge is -2.29. The maximum Gasteiger partial charge on any atom is 0.302 e. The van der Waals surface area contributed by atoms with E-state index in [-0.39, 0.29) is 55.9 Å². The zero-order chi connectivity index (χ0) is 51.7. The van der Waals surface area contributed by atoms with Crippen molar-refractivity contribution in [3.63, 3.8) is 0 Å². The van der Waals surface area contributed by atoms with E-state index in [1.807, 2.05) is 30.3 Å². The molecule has 6 heteroatoms. The van der Waals surface area contributed by atoms with Gasteiger partial charge in [-0.3, -0.25) is 4.79 Å². The fourth-order valence-electron chi connectivity index (χ4n) is 7.98. The molecule has 0 fully saturated rings. The molecule has 0 amide bonds. The Bertz CT molecular complexity index is 2090. The van der Waals surface area contributed by atoms with Crippen LogP contribution in [0.1, 0.15) is 234 Å². The minimum absolute atomic E-state index is 0.00859. The van der Waals surface area contributed by atoms with Crippen LogP contribution < -0.4 is 0 Å². The van der Waals surface area contributed by atoms with Crippen molar-refractivity contribution in [2.24, 2.45) is 0 Å². The van der Waals surface area contributed by atoms with Crippen LogP contribution in [-0.2, 0) is 65.9 Å². The molecule has 0 unspecified atom stereocenters. The number of para-hydroxylation sites is 1. The van der Waals surface area contributed by atoms with Crippen molar-refractivity contribution < 1.29 is 30.0 Å². The Morgan fingerprint density at radius 2 is 0.561 bits per heavy atom. The number of benzene rings is 4. The molecule has 6 nitrogen and oxygen atoms in total. The van der Waals surface area contributed by atoms with Crippen molar-refractivity contribution in [3.05, 3.63) is 116 Å². The summed E-state index contributed by atoms with van der Waals surface area (Å²) in [6.07, 6.45) is 0.763. The molecule has 4 rings (SSSR count). The van der Waals surface area contributed by atoms with E-state index in [0.29, 0.717) is 23.0 Å². The predicted octanol–water partition coefficient (Wildman–Crippen LogP) is 15.9. The Morgan fingerprint density at radius 1 is 0.364 bits per heavy atom. The molecular formula is C60H92O6. The lowest BCUT2D eigenvalue weighted by molar-refractivity contribution is -0.142. The number of hydrogen-bond acceptors (Lipinski definition) is 6. The molecule has 0 bridgehead atoms. The van der Waals surface area contributed by atoms with Gasteiger partial charge in [-0.15, -0.1) is 0 Å². The van der Waals surface area contributed by atoms with Gasteiger partial charge in [0.2, 0.25) is 0 Å². The van der Waals surface area contributed by atoms with E-state index < -0.39 is 0 Å². The van der Waals surface area contributed by atoms with Crippen LogP contribution >= 0.6 is 0 Å². The SMILES string of the molecule is CC(=O)OCc1cc(C(C)(C)C)c(O)c(C(C)(C)C)c1.CC(C)(C)c1cc(Cc2cc(C(C)(C)C)c(O)c(C(C)(C)C)c2)cc(C(C)(C)C)c1O.CC(C)(C)c1cccc(C(C)(C)C)c1O. The number of carbonyl (C=O) groups excluding carboxylic acids is 1. The Morgan fingerprint density at radius 3 is 0.758 bits per heavy atom. The number of rotatable bonds is 4. The van der Waals surface area contributed by atoms with Crippen molar-refractivity contribution in [3.8, 4) is 23.0 Å². The molecule has 4 N–H and O–H groups in total. The lowest BCUT2D eigenvalue weighted by atomic mass is 9.76. The van der Waals surface area contributed by atoms with Crippen molar-refractivity contribution in [1.82, 2.24) is 0 Å². The minimum atomic E-state index is -0.298. The lowest BCUT2D eigenvalue weighted by Crippen LogP contribution is -2.19. The summed E-state index contributed by atoms with van der Waals surface area (Å²) in [6.45, 7) is 52.5. The molecule has 0 radical (unpaired) electrons. The first-order chi connectivity index (χ1) is 29.3. The summed E-state index contributed by atoms with van der Waals surface area (Å²) in [5.41, 5.74) is 10.1. The van der Waals surface area contributed by atoms with Crippen LogP contribution in [-0.4, -0.2) is 26.4 Å². The minimum Gasteiger partial charge on any atom is -0.507 e. The van der Waals surface area contributed by atoms with Crippen LogP contribution in [0.25, 0.3) is 0 Å². The Labute approximate surface area is 402 Å². The summed E-state index contributed by atoms with van der Waals surface area (Å²) in [5, 5.41) is 42.9. The number of phenols is 4. The molecule has 66 heavy (non-hydrogen) atoms. The van der Waals surface area contributed by atoms with Crippen LogP contribution in [0.15, 0.2) is 54.6 Å². The van der Waals surface area contributed by atoms with Crippen LogP contribution in [0.3, 0.4) is 0 Å². The highest BCUT2D eigenvalue weighted by Gasteiger charge is 2.30. The molecule has 0 atom stereocenters. The van der Waals surface area contributed by atoms with Gasteiger partial charge in [0.25, 0.3) is 0 Å². The van der Waals surface area contributed by atoms with Crippen LogP contribution in [0, 0.1) is 0 Å². The Balaban J connectivity index is 0.000000367. The summed E-state index contributed by atoms with van der Waals surface area (Å²) < 4.78 is 5.08. The third-order valence-corrected chi connectivity index (χ3v) is 11.9. The number of ether oxygens (including phenoxy) is 1. The third-order valence-electron chi connectivity index (χ3n) is 11.9. The van der Waals surface area contributed by atoms with E-state index in [9.17, 15) is 25.2 Å². The molecule has 0 heterocycles. The molecule has 0 aromatic heterocycles. The van der Waals surface area contributed by atoms with Crippen LogP contribution in [0.4, 0.5) is 0 Å². The zero-order valence-corrected chi connectivity index (χ0v) is 46.2. The summed E-state index contributed by atoms with van der Waals surface area (Å²) in [5.74, 6) is 1.34. The second-order valence-corrected chi connectivity index (χ2v) is 26.8. The first kappa shape index (κ1) is 57.7. The third kappa shape index (κ3) is 15.6. The topological polar surface area (TPSA) is 107 Å². The highest BCUT2D eigenvalue weighted by Crippen LogP contribution is 2.44. The average molecular weight is 909 g/mol. The van der Waals surface area contributed by atoms with Gasteiger partial charge in [0.05, 0.1) is 0 Å². The quantitative estimate of drug-likeness (QED) is 0.152. The molecule has 4 aromatic rings. The van der Waals surface area contributed by atoms with Gasteiger partial charge < -0.3 is 25.2 Å². The summed E-state index contributed by atoms with van der Waals surface area (Å²) in [4.78, 5) is 11.0. The number of esters is 1. The van der Waals surface area contributed by atoms with Gasteiger partial charge in [0.1, 0.15) is 29.6 Å². The van der Waals surface area contributed by atoms with Crippen molar-refractivity contribution >= 4 is 5.97 Å². The smallest absolute Gasteiger partial charge is 0.302 e. The zero-order valence-electron chi connectivity index (χ0n) is 46.2. The summed E-state index contributed by atoms with van der Waals surface area (Å²) in [6, 6.07) is 18.5. The van der Waals surface area contributed by atoms with E-state index in [2.05, 4.69) is 190 Å². The number of aromatic hydroxyl groups is 4. The number of carbonyl (C=O) groups is 1. The fourth-order valence-corrected chi connectivity index (χ4v) is 7.98. The number of hydrogen-bond donors (Lipinski definition) is 4. The monoisotopic (exact) mass is 909 g/mol. The highest BCUT2D eigenvalue weighted by molar-refractivity contribution is 5.66.